The first kappa shape index (κ1) is 34.3. The van der Waals surface area contributed by atoms with Crippen molar-refractivity contribution in [2.24, 2.45) is 28.1 Å². The second-order valence-corrected chi connectivity index (χ2v) is 13.5. The van der Waals surface area contributed by atoms with Crippen LogP contribution in [-0.4, -0.2) is 67.4 Å². The quantitative estimate of drug-likeness (QED) is 0.233. The standard InChI is InChI=1S/C34H37F3O10/c1-8-30(4)16-19-14-22(40)25-31(5,21(19)15-23(30)44-17(2)38)26(45-18(3)39)24-27(32(25,6)28(41)46-24)47-29(42)33(43-7,34(35,36)37)20-12-10-9-11-13-20/h8-14,21,23-27H,1,15-16H2,2-7H3/t21-,23+,24-,25+,26-,27-,30-,31+,32+,33-/m1/s1. The van der Waals surface area contributed by atoms with Gasteiger partial charge in [-0.15, -0.1) is 6.58 Å². The number of alkyl halides is 3. The van der Waals surface area contributed by atoms with Crippen LogP contribution in [0, 0.1) is 28.1 Å². The largest absolute Gasteiger partial charge is 0.462 e. The minimum Gasteiger partial charge on any atom is -0.462 e. The molecule has 0 spiro atoms. The number of ketones is 1. The predicted molar refractivity (Wildman–Crippen MR) is 156 cm³/mol. The molecule has 1 saturated heterocycles. The molecular weight excluding hydrogens is 625 g/mol. The zero-order valence-electron chi connectivity index (χ0n) is 26.8. The molecule has 4 aliphatic rings. The first-order valence-corrected chi connectivity index (χ1v) is 15.1. The number of rotatable bonds is 7. The van der Waals surface area contributed by atoms with Crippen molar-refractivity contribution in [2.75, 3.05) is 7.11 Å². The lowest BCUT2D eigenvalue weighted by atomic mass is 9.43. The Morgan fingerprint density at radius 2 is 1.60 bits per heavy atom. The van der Waals surface area contributed by atoms with Crippen LogP contribution in [0.15, 0.2) is 54.6 Å². The summed E-state index contributed by atoms with van der Waals surface area (Å²) in [5.41, 5.74) is -7.74. The number of hydrogen-bond donors (Lipinski definition) is 0. The average Bonchev–Trinajstić information content (AvgIpc) is 3.17. The molecule has 47 heavy (non-hydrogen) atoms. The van der Waals surface area contributed by atoms with Crippen LogP contribution >= 0.6 is 0 Å². The fourth-order valence-electron chi connectivity index (χ4n) is 8.56. The van der Waals surface area contributed by atoms with Crippen molar-refractivity contribution in [1.82, 2.24) is 0 Å². The highest BCUT2D eigenvalue weighted by atomic mass is 19.4. The van der Waals surface area contributed by atoms with Crippen LogP contribution in [0.4, 0.5) is 13.2 Å². The fraction of sp³-hybridized carbons (Fsp3) is 0.559. The maximum atomic E-state index is 14.8. The second-order valence-electron chi connectivity index (χ2n) is 13.5. The molecule has 3 fully saturated rings. The van der Waals surface area contributed by atoms with Gasteiger partial charge >= 0.3 is 30.1 Å². The summed E-state index contributed by atoms with van der Waals surface area (Å²) >= 11 is 0. The van der Waals surface area contributed by atoms with Gasteiger partial charge in [0, 0.05) is 37.4 Å². The lowest BCUT2D eigenvalue weighted by Crippen LogP contribution is -2.70. The van der Waals surface area contributed by atoms with Crippen LogP contribution in [0.1, 0.15) is 53.0 Å². The number of carbonyl (C=O) groups is 5. The molecule has 3 aliphatic carbocycles. The van der Waals surface area contributed by atoms with Crippen LogP contribution in [0.5, 0.6) is 0 Å². The van der Waals surface area contributed by atoms with Crippen LogP contribution in [0.25, 0.3) is 0 Å². The van der Waals surface area contributed by atoms with Gasteiger partial charge in [0.15, 0.2) is 18.0 Å². The number of hydrogen-bond acceptors (Lipinski definition) is 10. The van der Waals surface area contributed by atoms with E-state index in [1.54, 1.807) is 13.0 Å². The van der Waals surface area contributed by atoms with Crippen LogP contribution in [-0.2, 0) is 53.3 Å². The zero-order valence-corrected chi connectivity index (χ0v) is 26.8. The van der Waals surface area contributed by atoms with Gasteiger partial charge in [-0.1, -0.05) is 55.8 Å². The lowest BCUT2D eigenvalue weighted by molar-refractivity contribution is -0.284. The Morgan fingerprint density at radius 1 is 0.979 bits per heavy atom. The molecule has 0 radical (unpaired) electrons. The fourth-order valence-corrected chi connectivity index (χ4v) is 8.56. The average molecular weight is 663 g/mol. The van der Waals surface area contributed by atoms with Crippen molar-refractivity contribution in [1.29, 1.82) is 0 Å². The van der Waals surface area contributed by atoms with Gasteiger partial charge in [-0.2, -0.15) is 13.2 Å². The van der Waals surface area contributed by atoms with Crippen LogP contribution < -0.4 is 0 Å². The van der Waals surface area contributed by atoms with E-state index in [1.807, 2.05) is 6.92 Å². The second kappa shape index (κ2) is 11.3. The Kier molecular flexibility index (Phi) is 8.26. The summed E-state index contributed by atoms with van der Waals surface area (Å²) in [6, 6.07) is 6.13. The number of methoxy groups -OCH3 is 1. The maximum Gasteiger partial charge on any atom is 0.432 e. The Hall–Kier alpha value is -4.00. The summed E-state index contributed by atoms with van der Waals surface area (Å²) in [6.07, 6.45) is -7.48. The monoisotopic (exact) mass is 662 g/mol. The van der Waals surface area contributed by atoms with Gasteiger partial charge in [0.1, 0.15) is 17.6 Å². The Morgan fingerprint density at radius 3 is 2.13 bits per heavy atom. The molecule has 1 aliphatic heterocycles. The zero-order chi connectivity index (χ0) is 34.9. The topological polar surface area (TPSA) is 132 Å². The highest BCUT2D eigenvalue weighted by Gasteiger charge is 2.79. The predicted octanol–water partition coefficient (Wildman–Crippen LogP) is 4.55. The summed E-state index contributed by atoms with van der Waals surface area (Å²) in [7, 11) is 0.704. The van der Waals surface area contributed by atoms with E-state index < -0.39 is 99.5 Å². The molecule has 13 heteroatoms. The Labute approximate surface area is 269 Å². The van der Waals surface area contributed by atoms with Crippen molar-refractivity contribution >= 4 is 29.7 Å². The minimum absolute atomic E-state index is 0.141. The Bertz CT molecular complexity index is 1550. The number of esters is 4. The number of benzene rings is 1. The van der Waals surface area contributed by atoms with Crippen LogP contribution in [0.2, 0.25) is 0 Å². The molecule has 1 aromatic carbocycles. The summed E-state index contributed by atoms with van der Waals surface area (Å²) in [5, 5.41) is 0. The SMILES string of the molecule is C=C[C@]1(C)CC2=CC(=O)[C@@H]3[C@]4(C)C(=O)O[C@@H]([C@H]4OC(=O)[C@](OC)(c4ccccc4)C(F)(F)F)[C@@H](OC(C)=O)[C@@]3(C)[C@@H]2C[C@@H]1OC(C)=O. The van der Waals surface area contributed by atoms with E-state index in [0.717, 1.165) is 19.1 Å². The number of ether oxygens (including phenoxy) is 5. The Balaban J connectivity index is 1.66. The van der Waals surface area contributed by atoms with E-state index in [9.17, 15) is 37.1 Å². The molecule has 10 atom stereocenters. The van der Waals surface area contributed by atoms with Crippen molar-refractivity contribution in [3.8, 4) is 0 Å². The highest BCUT2D eigenvalue weighted by Crippen LogP contribution is 2.67. The molecule has 0 N–H and O–H groups in total. The summed E-state index contributed by atoms with van der Waals surface area (Å²) in [4.78, 5) is 66.5. The number of allylic oxidation sites excluding steroid dienone is 2. The van der Waals surface area contributed by atoms with Gasteiger partial charge in [-0.05, 0) is 31.8 Å². The van der Waals surface area contributed by atoms with E-state index in [2.05, 4.69) is 6.58 Å². The third kappa shape index (κ3) is 4.83. The molecule has 254 valence electrons. The van der Waals surface area contributed by atoms with Crippen LogP contribution in [0.3, 0.4) is 0 Å². The molecule has 0 amide bonds. The highest BCUT2D eigenvalue weighted by molar-refractivity contribution is 6.00. The molecule has 10 nitrogen and oxygen atoms in total. The summed E-state index contributed by atoms with van der Waals surface area (Å²) in [6.45, 7) is 11.0. The molecule has 1 aromatic rings. The summed E-state index contributed by atoms with van der Waals surface area (Å²) < 4.78 is 72.1. The van der Waals surface area contributed by atoms with Crippen molar-refractivity contribution in [3.05, 3.63) is 60.2 Å². The molecule has 0 unspecified atom stereocenters. The van der Waals surface area contributed by atoms with Crippen molar-refractivity contribution in [3.63, 3.8) is 0 Å². The molecule has 0 aromatic heterocycles. The number of fused-ring (bicyclic) bond motifs is 6. The molecule has 1 heterocycles. The first-order chi connectivity index (χ1) is 21.8. The lowest BCUT2D eigenvalue weighted by Gasteiger charge is -2.60. The van der Waals surface area contributed by atoms with Gasteiger partial charge in [-0.25, -0.2) is 4.79 Å². The molecular formula is C34H37F3O10. The third-order valence-electron chi connectivity index (χ3n) is 10.8. The van der Waals surface area contributed by atoms with E-state index in [1.165, 1.54) is 38.1 Å². The van der Waals surface area contributed by atoms with Gasteiger partial charge in [0.05, 0.1) is 5.92 Å². The maximum absolute atomic E-state index is 14.8. The molecule has 2 bridgehead atoms. The first-order valence-electron chi connectivity index (χ1n) is 15.1. The van der Waals surface area contributed by atoms with Gasteiger partial charge in [0.2, 0.25) is 0 Å². The van der Waals surface area contributed by atoms with Gasteiger partial charge in [-0.3, -0.25) is 19.2 Å². The third-order valence-corrected chi connectivity index (χ3v) is 10.8. The van der Waals surface area contributed by atoms with E-state index in [-0.39, 0.29) is 12.8 Å². The summed E-state index contributed by atoms with van der Waals surface area (Å²) in [5.74, 6) is -6.87. The minimum atomic E-state index is -5.33. The van der Waals surface area contributed by atoms with Crippen molar-refractivity contribution in [2.45, 2.75) is 83.7 Å². The van der Waals surface area contributed by atoms with E-state index in [0.29, 0.717) is 12.7 Å². The van der Waals surface area contributed by atoms with Gasteiger partial charge < -0.3 is 23.7 Å². The number of halogens is 3. The van der Waals surface area contributed by atoms with E-state index in [4.69, 9.17) is 23.7 Å². The van der Waals surface area contributed by atoms with E-state index >= 15 is 0 Å². The number of carbonyl (C=O) groups excluding carboxylic acids is 5. The molecule has 5 rings (SSSR count). The van der Waals surface area contributed by atoms with Crippen molar-refractivity contribution < 1.29 is 60.8 Å². The smallest absolute Gasteiger partial charge is 0.432 e. The van der Waals surface area contributed by atoms with Gasteiger partial charge in [0.25, 0.3) is 5.60 Å². The normalized spacial score (nSPS) is 37.3. The molecule has 2 saturated carbocycles.